The molecule has 0 bridgehead atoms. The maximum atomic E-state index is 6.18. The molecule has 0 spiro atoms. The number of rotatable bonds is 4. The van der Waals surface area contributed by atoms with Crippen LogP contribution in [0, 0.1) is 0 Å². The van der Waals surface area contributed by atoms with Crippen LogP contribution in [0.5, 0.6) is 5.75 Å². The molecule has 0 amide bonds. The third-order valence-electron chi connectivity index (χ3n) is 7.17. The minimum absolute atomic E-state index is 0.154. The number of nitrogens with one attached hydrogen (secondary N) is 2. The first kappa shape index (κ1) is 19.2. The summed E-state index contributed by atoms with van der Waals surface area (Å²) in [6.07, 6.45) is 4.79. The van der Waals surface area contributed by atoms with Gasteiger partial charge in [-0.15, -0.1) is 0 Å². The van der Waals surface area contributed by atoms with E-state index in [-0.39, 0.29) is 5.41 Å². The predicted octanol–water partition coefficient (Wildman–Crippen LogP) is 4.07. The Labute approximate surface area is 178 Å². The number of anilines is 1. The molecular formula is C24H30ClN3O. The van der Waals surface area contributed by atoms with Crippen LogP contribution in [0.2, 0.25) is 5.02 Å². The van der Waals surface area contributed by atoms with Gasteiger partial charge in [0.05, 0.1) is 12.8 Å². The summed E-state index contributed by atoms with van der Waals surface area (Å²) in [5.41, 5.74) is 5.71. The van der Waals surface area contributed by atoms with Gasteiger partial charge in [0.1, 0.15) is 5.75 Å². The summed E-state index contributed by atoms with van der Waals surface area (Å²) < 4.78 is 5.89. The maximum absolute atomic E-state index is 6.18. The summed E-state index contributed by atoms with van der Waals surface area (Å²) in [6.45, 7) is 5.16. The van der Waals surface area contributed by atoms with Gasteiger partial charge in [-0.25, -0.2) is 0 Å². The molecule has 2 aromatic carbocycles. The maximum Gasteiger partial charge on any atom is 0.142 e. The SMILES string of the molecule is COc1cc2c(cc1N1CCNCC1)CCNC2C1(c2ccc(Cl)cc2)CCC1. The molecule has 0 radical (unpaired) electrons. The van der Waals surface area contributed by atoms with Gasteiger partial charge in [-0.1, -0.05) is 30.2 Å². The van der Waals surface area contributed by atoms with E-state index in [1.54, 1.807) is 7.11 Å². The monoisotopic (exact) mass is 411 g/mol. The molecule has 5 rings (SSSR count). The summed E-state index contributed by atoms with van der Waals surface area (Å²) in [7, 11) is 1.80. The number of halogens is 1. The molecule has 2 aromatic rings. The first-order valence-corrected chi connectivity index (χ1v) is 11.2. The highest BCUT2D eigenvalue weighted by Gasteiger charge is 2.47. The highest BCUT2D eigenvalue weighted by Crippen LogP contribution is 2.54. The number of hydrogen-bond acceptors (Lipinski definition) is 4. The van der Waals surface area contributed by atoms with Gasteiger partial charge in [-0.2, -0.15) is 0 Å². The Hall–Kier alpha value is -1.75. The summed E-state index contributed by atoms with van der Waals surface area (Å²) in [5.74, 6) is 1.00. The summed E-state index contributed by atoms with van der Waals surface area (Å²) >= 11 is 6.18. The van der Waals surface area contributed by atoms with Gasteiger partial charge < -0.3 is 20.3 Å². The van der Waals surface area contributed by atoms with E-state index >= 15 is 0 Å². The molecule has 0 aromatic heterocycles. The summed E-state index contributed by atoms with van der Waals surface area (Å²) in [5, 5.41) is 8.12. The van der Waals surface area contributed by atoms with Gasteiger partial charge in [0, 0.05) is 42.7 Å². The lowest BCUT2D eigenvalue weighted by Gasteiger charge is -2.51. The lowest BCUT2D eigenvalue weighted by atomic mass is 9.58. The zero-order chi connectivity index (χ0) is 19.8. The number of nitrogens with zero attached hydrogens (tertiary/aromatic N) is 1. The Bertz CT molecular complexity index is 872. The number of piperazine rings is 1. The fourth-order valence-corrected chi connectivity index (χ4v) is 5.59. The molecular weight excluding hydrogens is 382 g/mol. The van der Waals surface area contributed by atoms with Crippen molar-refractivity contribution >= 4 is 17.3 Å². The van der Waals surface area contributed by atoms with Gasteiger partial charge >= 0.3 is 0 Å². The fourth-order valence-electron chi connectivity index (χ4n) is 5.47. The largest absolute Gasteiger partial charge is 0.495 e. The third-order valence-corrected chi connectivity index (χ3v) is 7.42. The zero-order valence-electron chi connectivity index (χ0n) is 17.1. The summed E-state index contributed by atoms with van der Waals surface area (Å²) in [4.78, 5) is 2.46. The zero-order valence-corrected chi connectivity index (χ0v) is 17.9. The Balaban J connectivity index is 1.55. The molecule has 1 unspecified atom stereocenters. The smallest absolute Gasteiger partial charge is 0.142 e. The highest BCUT2D eigenvalue weighted by molar-refractivity contribution is 6.30. The van der Waals surface area contributed by atoms with E-state index in [1.165, 1.54) is 41.6 Å². The highest BCUT2D eigenvalue weighted by atomic mass is 35.5. The van der Waals surface area contributed by atoms with Gasteiger partial charge in [0.2, 0.25) is 0 Å². The Kier molecular flexibility index (Phi) is 5.19. The van der Waals surface area contributed by atoms with Crippen LogP contribution in [0.25, 0.3) is 0 Å². The van der Waals surface area contributed by atoms with Gasteiger partial charge in [-0.3, -0.25) is 0 Å². The van der Waals surface area contributed by atoms with Crippen molar-refractivity contribution in [3.8, 4) is 5.75 Å². The van der Waals surface area contributed by atoms with Crippen LogP contribution in [0.15, 0.2) is 36.4 Å². The normalized spacial score (nSPS) is 23.2. The minimum Gasteiger partial charge on any atom is -0.495 e. The van der Waals surface area contributed by atoms with E-state index in [2.05, 4.69) is 39.8 Å². The lowest BCUT2D eigenvalue weighted by molar-refractivity contribution is 0.164. The van der Waals surface area contributed by atoms with E-state index in [9.17, 15) is 0 Å². The Morgan fingerprint density at radius 3 is 2.48 bits per heavy atom. The Morgan fingerprint density at radius 2 is 1.83 bits per heavy atom. The number of fused-ring (bicyclic) bond motifs is 1. The molecule has 4 nitrogen and oxygen atoms in total. The quantitative estimate of drug-likeness (QED) is 0.795. The number of ether oxygens (including phenoxy) is 1. The van der Waals surface area contributed by atoms with E-state index < -0.39 is 0 Å². The van der Waals surface area contributed by atoms with E-state index in [4.69, 9.17) is 16.3 Å². The van der Waals surface area contributed by atoms with Crippen molar-refractivity contribution in [1.82, 2.24) is 10.6 Å². The molecule has 1 aliphatic carbocycles. The Morgan fingerprint density at radius 1 is 1.07 bits per heavy atom. The molecule has 154 valence electrons. The molecule has 1 saturated heterocycles. The van der Waals surface area contributed by atoms with Crippen LogP contribution >= 0.6 is 11.6 Å². The van der Waals surface area contributed by atoms with Crippen molar-refractivity contribution in [2.75, 3.05) is 44.7 Å². The van der Waals surface area contributed by atoms with Crippen LogP contribution in [0.1, 0.15) is 42.0 Å². The van der Waals surface area contributed by atoms with Crippen LogP contribution in [0.4, 0.5) is 5.69 Å². The second kappa shape index (κ2) is 7.82. The molecule has 2 heterocycles. The average molecular weight is 412 g/mol. The molecule has 2 fully saturated rings. The van der Waals surface area contributed by atoms with Gasteiger partial charge in [0.15, 0.2) is 0 Å². The van der Waals surface area contributed by atoms with Gasteiger partial charge in [-0.05, 0) is 66.8 Å². The molecule has 5 heteroatoms. The topological polar surface area (TPSA) is 36.5 Å². The molecule has 2 N–H and O–H groups in total. The van der Waals surface area contributed by atoms with Crippen molar-refractivity contribution in [1.29, 1.82) is 0 Å². The van der Waals surface area contributed by atoms with Crippen LogP contribution in [0.3, 0.4) is 0 Å². The second-order valence-electron chi connectivity index (χ2n) is 8.61. The van der Waals surface area contributed by atoms with Crippen molar-refractivity contribution in [3.63, 3.8) is 0 Å². The fraction of sp³-hybridized carbons (Fsp3) is 0.500. The van der Waals surface area contributed by atoms with Crippen LogP contribution in [-0.2, 0) is 11.8 Å². The molecule has 2 aliphatic heterocycles. The standard InChI is InChI=1S/C24H30ClN3O/c1-29-22-16-20-17(15-21(22)28-13-11-26-12-14-28)7-10-27-23(20)24(8-2-9-24)18-3-5-19(25)6-4-18/h3-6,15-16,23,26-27H,2,7-14H2,1H3. The third kappa shape index (κ3) is 3.31. The first-order chi connectivity index (χ1) is 14.2. The van der Waals surface area contributed by atoms with Gasteiger partial charge in [0.25, 0.3) is 0 Å². The molecule has 1 saturated carbocycles. The van der Waals surface area contributed by atoms with Crippen molar-refractivity contribution in [3.05, 3.63) is 58.1 Å². The van der Waals surface area contributed by atoms with Crippen LogP contribution < -0.4 is 20.3 Å². The van der Waals surface area contributed by atoms with E-state index in [1.807, 2.05) is 12.1 Å². The van der Waals surface area contributed by atoms with Crippen LogP contribution in [-0.4, -0.2) is 39.8 Å². The van der Waals surface area contributed by atoms with Crippen molar-refractivity contribution in [2.24, 2.45) is 0 Å². The average Bonchev–Trinajstić information content (AvgIpc) is 2.74. The molecule has 3 aliphatic rings. The lowest BCUT2D eigenvalue weighted by Crippen LogP contribution is -2.49. The first-order valence-electron chi connectivity index (χ1n) is 10.9. The number of hydrogen-bond donors (Lipinski definition) is 2. The molecule has 29 heavy (non-hydrogen) atoms. The van der Waals surface area contributed by atoms with Crippen molar-refractivity contribution < 1.29 is 4.74 Å². The summed E-state index contributed by atoms with van der Waals surface area (Å²) in [6, 6.07) is 13.6. The van der Waals surface area contributed by atoms with E-state index in [0.29, 0.717) is 6.04 Å². The number of methoxy groups -OCH3 is 1. The predicted molar refractivity (Wildman–Crippen MR) is 120 cm³/mol. The van der Waals surface area contributed by atoms with Crippen molar-refractivity contribution in [2.45, 2.75) is 37.1 Å². The van der Waals surface area contributed by atoms with E-state index in [0.717, 1.165) is 49.9 Å². The number of benzene rings is 2. The minimum atomic E-state index is 0.154. The second-order valence-corrected chi connectivity index (χ2v) is 9.05. The molecule has 1 atom stereocenters.